The van der Waals surface area contributed by atoms with Crippen LogP contribution < -0.4 is 0 Å². The second-order valence-corrected chi connectivity index (χ2v) is 6.33. The number of benzene rings is 2. The molecule has 3 aromatic rings. The summed E-state index contributed by atoms with van der Waals surface area (Å²) < 4.78 is 41.7. The number of phenolic OH excluding ortho intramolecular Hbond substituents is 2. The Labute approximate surface area is 142 Å². The summed E-state index contributed by atoms with van der Waals surface area (Å²) in [5.74, 6) is -0.290. The van der Waals surface area contributed by atoms with Crippen LogP contribution in [0.15, 0.2) is 36.4 Å². The molecule has 4 nitrogen and oxygen atoms in total. The standard InChI is InChI=1S/C18H17F3N2O2/c1-10(2)9-23-17-13(4-3-5-14(17)18(19,20)21)16(22-23)12-7-6-11(24)8-15(12)25/h3-8,10,24-25H,9H2,1-2H3. The summed E-state index contributed by atoms with van der Waals surface area (Å²) in [7, 11) is 0. The highest BCUT2D eigenvalue weighted by atomic mass is 19.4. The molecule has 1 aromatic heterocycles. The number of para-hydroxylation sites is 1. The Hall–Kier alpha value is -2.70. The van der Waals surface area contributed by atoms with Gasteiger partial charge in [0.15, 0.2) is 0 Å². The molecule has 0 atom stereocenters. The lowest BCUT2D eigenvalue weighted by atomic mass is 10.0. The van der Waals surface area contributed by atoms with Gasteiger partial charge in [0.2, 0.25) is 0 Å². The third kappa shape index (κ3) is 3.14. The van der Waals surface area contributed by atoms with Crippen LogP contribution in [0, 0.1) is 5.92 Å². The van der Waals surface area contributed by atoms with Gasteiger partial charge in [-0.1, -0.05) is 26.0 Å². The van der Waals surface area contributed by atoms with Gasteiger partial charge in [-0.05, 0) is 24.1 Å². The van der Waals surface area contributed by atoms with Crippen molar-refractivity contribution in [3.05, 3.63) is 42.0 Å². The fourth-order valence-electron chi connectivity index (χ4n) is 2.86. The number of hydrogen-bond donors (Lipinski definition) is 2. The smallest absolute Gasteiger partial charge is 0.418 e. The molecule has 1 heterocycles. The zero-order valence-electron chi connectivity index (χ0n) is 13.7. The average Bonchev–Trinajstić information content (AvgIpc) is 2.84. The van der Waals surface area contributed by atoms with Crippen molar-refractivity contribution in [2.45, 2.75) is 26.6 Å². The summed E-state index contributed by atoms with van der Waals surface area (Å²) >= 11 is 0. The number of alkyl halides is 3. The number of phenols is 2. The summed E-state index contributed by atoms with van der Waals surface area (Å²) in [5, 5.41) is 24.2. The van der Waals surface area contributed by atoms with E-state index in [9.17, 15) is 23.4 Å². The van der Waals surface area contributed by atoms with E-state index in [2.05, 4.69) is 5.10 Å². The van der Waals surface area contributed by atoms with Gasteiger partial charge in [-0.3, -0.25) is 4.68 Å². The Morgan fingerprint density at radius 1 is 1.12 bits per heavy atom. The molecule has 0 aliphatic carbocycles. The molecule has 0 radical (unpaired) electrons. The van der Waals surface area contributed by atoms with Crippen molar-refractivity contribution in [2.24, 2.45) is 5.92 Å². The fraction of sp³-hybridized carbons (Fsp3) is 0.278. The molecule has 0 saturated heterocycles. The monoisotopic (exact) mass is 350 g/mol. The zero-order valence-corrected chi connectivity index (χ0v) is 13.7. The molecule has 7 heteroatoms. The Kier molecular flexibility index (Phi) is 4.10. The predicted octanol–water partition coefficient (Wildman–Crippen LogP) is 4.79. The van der Waals surface area contributed by atoms with Gasteiger partial charge in [-0.2, -0.15) is 18.3 Å². The van der Waals surface area contributed by atoms with Crippen molar-refractivity contribution < 1.29 is 23.4 Å². The molecular formula is C18H17F3N2O2. The van der Waals surface area contributed by atoms with Crippen molar-refractivity contribution in [3.8, 4) is 22.8 Å². The summed E-state index contributed by atoms with van der Waals surface area (Å²) in [6.07, 6.45) is -4.51. The number of nitrogens with zero attached hydrogens (tertiary/aromatic N) is 2. The van der Waals surface area contributed by atoms with Crippen molar-refractivity contribution in [1.82, 2.24) is 9.78 Å². The SMILES string of the molecule is CC(C)Cn1nc(-c2ccc(O)cc2O)c2cccc(C(F)(F)F)c21. The molecule has 0 fully saturated rings. The maximum atomic E-state index is 13.5. The first-order chi connectivity index (χ1) is 11.7. The number of halogens is 3. The summed E-state index contributed by atoms with van der Waals surface area (Å²) in [4.78, 5) is 0. The van der Waals surface area contributed by atoms with Crippen LogP contribution in [0.5, 0.6) is 11.5 Å². The first-order valence-corrected chi connectivity index (χ1v) is 7.77. The van der Waals surface area contributed by atoms with E-state index in [1.165, 1.54) is 22.9 Å². The van der Waals surface area contributed by atoms with Crippen LogP contribution >= 0.6 is 0 Å². The summed E-state index contributed by atoms with van der Waals surface area (Å²) in [6.45, 7) is 4.09. The zero-order chi connectivity index (χ0) is 18.4. The van der Waals surface area contributed by atoms with Gasteiger partial charge in [0.25, 0.3) is 0 Å². The number of aromatic hydroxyl groups is 2. The first kappa shape index (κ1) is 17.1. The van der Waals surface area contributed by atoms with E-state index >= 15 is 0 Å². The molecule has 0 spiro atoms. The minimum absolute atomic E-state index is 0.00817. The van der Waals surface area contributed by atoms with Gasteiger partial charge in [0.1, 0.15) is 17.2 Å². The van der Waals surface area contributed by atoms with E-state index in [1.807, 2.05) is 13.8 Å². The fourth-order valence-corrected chi connectivity index (χ4v) is 2.86. The Bertz CT molecular complexity index is 930. The van der Waals surface area contributed by atoms with Crippen molar-refractivity contribution in [3.63, 3.8) is 0 Å². The molecule has 2 aromatic carbocycles. The number of rotatable bonds is 3. The van der Waals surface area contributed by atoms with E-state index in [4.69, 9.17) is 0 Å². The summed E-state index contributed by atoms with van der Waals surface area (Å²) in [5.41, 5.74) is -0.252. The van der Waals surface area contributed by atoms with Crippen LogP contribution in [0.4, 0.5) is 13.2 Å². The predicted molar refractivity (Wildman–Crippen MR) is 88.3 cm³/mol. The lowest BCUT2D eigenvalue weighted by Gasteiger charge is -2.12. The number of hydrogen-bond acceptors (Lipinski definition) is 3. The van der Waals surface area contributed by atoms with E-state index in [-0.39, 0.29) is 34.2 Å². The third-order valence-corrected chi connectivity index (χ3v) is 3.85. The van der Waals surface area contributed by atoms with Gasteiger partial charge in [0, 0.05) is 23.6 Å². The minimum Gasteiger partial charge on any atom is -0.508 e. The molecule has 3 rings (SSSR count). The molecule has 2 N–H and O–H groups in total. The quantitative estimate of drug-likeness (QED) is 0.714. The lowest BCUT2D eigenvalue weighted by Crippen LogP contribution is -2.11. The second kappa shape index (κ2) is 5.98. The topological polar surface area (TPSA) is 58.3 Å². The first-order valence-electron chi connectivity index (χ1n) is 7.77. The number of fused-ring (bicyclic) bond motifs is 1. The van der Waals surface area contributed by atoms with Crippen LogP contribution in [0.2, 0.25) is 0 Å². The number of aromatic nitrogens is 2. The highest BCUT2D eigenvalue weighted by molar-refractivity contribution is 5.96. The van der Waals surface area contributed by atoms with Gasteiger partial charge in [-0.25, -0.2) is 0 Å². The van der Waals surface area contributed by atoms with Crippen LogP contribution in [0.3, 0.4) is 0 Å². The minimum atomic E-state index is -4.51. The van der Waals surface area contributed by atoms with Crippen LogP contribution in [0.1, 0.15) is 19.4 Å². The maximum absolute atomic E-state index is 13.5. The Morgan fingerprint density at radius 3 is 2.44 bits per heavy atom. The molecule has 0 aliphatic rings. The maximum Gasteiger partial charge on any atom is 0.418 e. The normalized spacial score (nSPS) is 12.2. The van der Waals surface area contributed by atoms with Gasteiger partial charge >= 0.3 is 6.18 Å². The molecule has 0 aliphatic heterocycles. The van der Waals surface area contributed by atoms with E-state index < -0.39 is 11.7 Å². The van der Waals surface area contributed by atoms with Gasteiger partial charge < -0.3 is 10.2 Å². The summed E-state index contributed by atoms with van der Waals surface area (Å²) in [6, 6.07) is 7.84. The third-order valence-electron chi connectivity index (χ3n) is 3.85. The molecule has 0 unspecified atom stereocenters. The van der Waals surface area contributed by atoms with Gasteiger partial charge in [0.05, 0.1) is 11.1 Å². The van der Waals surface area contributed by atoms with Crippen molar-refractivity contribution >= 4 is 10.9 Å². The highest BCUT2D eigenvalue weighted by Crippen LogP contribution is 2.40. The van der Waals surface area contributed by atoms with Crippen molar-refractivity contribution in [1.29, 1.82) is 0 Å². The molecule has 25 heavy (non-hydrogen) atoms. The Balaban J connectivity index is 2.34. The molecule has 0 saturated carbocycles. The molecule has 0 amide bonds. The largest absolute Gasteiger partial charge is 0.508 e. The van der Waals surface area contributed by atoms with E-state index in [1.54, 1.807) is 6.07 Å². The molecule has 132 valence electrons. The van der Waals surface area contributed by atoms with Crippen LogP contribution in [0.25, 0.3) is 22.2 Å². The molecular weight excluding hydrogens is 333 g/mol. The van der Waals surface area contributed by atoms with E-state index in [0.717, 1.165) is 12.1 Å². The lowest BCUT2D eigenvalue weighted by molar-refractivity contribution is -0.136. The van der Waals surface area contributed by atoms with Gasteiger partial charge in [-0.15, -0.1) is 0 Å². The van der Waals surface area contributed by atoms with Crippen LogP contribution in [-0.4, -0.2) is 20.0 Å². The van der Waals surface area contributed by atoms with Crippen molar-refractivity contribution in [2.75, 3.05) is 0 Å². The molecule has 0 bridgehead atoms. The average molecular weight is 350 g/mol. The highest BCUT2D eigenvalue weighted by Gasteiger charge is 2.35. The van der Waals surface area contributed by atoms with Crippen LogP contribution in [-0.2, 0) is 12.7 Å². The second-order valence-electron chi connectivity index (χ2n) is 6.33. The van der Waals surface area contributed by atoms with E-state index in [0.29, 0.717) is 11.9 Å². The Morgan fingerprint density at radius 2 is 1.84 bits per heavy atom.